The van der Waals surface area contributed by atoms with Gasteiger partial charge in [0.2, 0.25) is 0 Å². The molecule has 2 rings (SSSR count). The minimum absolute atomic E-state index is 0.114. The van der Waals surface area contributed by atoms with Gasteiger partial charge >= 0.3 is 0 Å². The van der Waals surface area contributed by atoms with Crippen LogP contribution in [-0.4, -0.2) is 25.1 Å². The molecule has 26 heavy (non-hydrogen) atoms. The highest BCUT2D eigenvalue weighted by Crippen LogP contribution is 2.18. The van der Waals surface area contributed by atoms with E-state index in [-0.39, 0.29) is 5.91 Å². The Labute approximate surface area is 157 Å². The average molecular weight is 354 g/mol. The lowest BCUT2D eigenvalue weighted by atomic mass is 10.1. The average Bonchev–Trinajstić information content (AvgIpc) is 2.60. The molecule has 140 valence electrons. The predicted octanol–water partition coefficient (Wildman–Crippen LogP) is 4.23. The van der Waals surface area contributed by atoms with Crippen LogP contribution < -0.4 is 15.0 Å². The third-order valence-corrected chi connectivity index (χ3v) is 4.41. The molecule has 1 N–H and O–H groups in total. The third-order valence-electron chi connectivity index (χ3n) is 4.41. The lowest BCUT2D eigenvalue weighted by Gasteiger charge is -2.21. The number of amides is 1. The van der Waals surface area contributed by atoms with E-state index in [4.69, 9.17) is 4.74 Å². The molecule has 4 heteroatoms. The lowest BCUT2D eigenvalue weighted by Crippen LogP contribution is -2.35. The molecule has 0 aliphatic rings. The van der Waals surface area contributed by atoms with Crippen molar-refractivity contribution in [3.8, 4) is 5.75 Å². The normalized spacial score (nSPS) is 11.7. The Balaban J connectivity index is 1.89. The Bertz CT molecular complexity index is 701. The molecule has 0 bridgehead atoms. The van der Waals surface area contributed by atoms with Gasteiger partial charge in [-0.15, -0.1) is 0 Å². The van der Waals surface area contributed by atoms with Crippen LogP contribution in [0.2, 0.25) is 0 Å². The second kappa shape index (κ2) is 9.27. The molecule has 0 spiro atoms. The summed E-state index contributed by atoms with van der Waals surface area (Å²) in [6.45, 7) is 12.6. The van der Waals surface area contributed by atoms with Gasteiger partial charge in [0.15, 0.2) is 6.10 Å². The number of nitrogens with one attached hydrogen (secondary N) is 1. The van der Waals surface area contributed by atoms with Crippen molar-refractivity contribution in [1.29, 1.82) is 0 Å². The van der Waals surface area contributed by atoms with E-state index in [1.165, 1.54) is 5.69 Å². The molecule has 0 heterocycles. The summed E-state index contributed by atoms with van der Waals surface area (Å²) in [5.74, 6) is 0.616. The molecule has 1 atom stereocenters. The van der Waals surface area contributed by atoms with Crippen LogP contribution in [0.3, 0.4) is 0 Å². The molecule has 0 saturated carbocycles. The quantitative estimate of drug-likeness (QED) is 0.771. The van der Waals surface area contributed by atoms with E-state index < -0.39 is 6.10 Å². The number of aryl methyl sites for hydroxylation is 2. The molecule has 0 aromatic heterocycles. The summed E-state index contributed by atoms with van der Waals surface area (Å²) in [6, 6.07) is 14.3. The largest absolute Gasteiger partial charge is 0.481 e. The standard InChI is InChI=1S/C22H30N2O2/c1-6-24(7-2)20-10-8-19(9-11-20)15-23-22(25)18(5)26-21-13-16(3)12-17(4)14-21/h8-14,18H,6-7,15H2,1-5H3,(H,23,25). The van der Waals surface area contributed by atoms with Crippen LogP contribution in [0.15, 0.2) is 42.5 Å². The highest BCUT2D eigenvalue weighted by molar-refractivity contribution is 5.80. The van der Waals surface area contributed by atoms with Crippen molar-refractivity contribution in [3.05, 3.63) is 59.2 Å². The zero-order valence-corrected chi connectivity index (χ0v) is 16.5. The van der Waals surface area contributed by atoms with E-state index in [1.54, 1.807) is 6.92 Å². The van der Waals surface area contributed by atoms with Crippen molar-refractivity contribution in [3.63, 3.8) is 0 Å². The van der Waals surface area contributed by atoms with Crippen LogP contribution >= 0.6 is 0 Å². The zero-order valence-electron chi connectivity index (χ0n) is 16.5. The number of carbonyl (C=O) groups excluding carboxylic acids is 1. The number of hydrogen-bond acceptors (Lipinski definition) is 3. The van der Waals surface area contributed by atoms with Gasteiger partial charge in [0.05, 0.1) is 0 Å². The topological polar surface area (TPSA) is 41.6 Å². The molecule has 0 radical (unpaired) electrons. The van der Waals surface area contributed by atoms with Crippen LogP contribution in [0.25, 0.3) is 0 Å². The van der Waals surface area contributed by atoms with E-state index in [9.17, 15) is 4.79 Å². The van der Waals surface area contributed by atoms with Crippen molar-refractivity contribution < 1.29 is 9.53 Å². The number of hydrogen-bond donors (Lipinski definition) is 1. The number of ether oxygens (including phenoxy) is 1. The van der Waals surface area contributed by atoms with Gasteiger partial charge in [0, 0.05) is 25.3 Å². The highest BCUT2D eigenvalue weighted by atomic mass is 16.5. The Morgan fingerprint density at radius 3 is 2.15 bits per heavy atom. The van der Waals surface area contributed by atoms with Crippen molar-refractivity contribution >= 4 is 11.6 Å². The van der Waals surface area contributed by atoms with Gasteiger partial charge in [-0.3, -0.25) is 4.79 Å². The molecule has 0 aliphatic carbocycles. The summed E-state index contributed by atoms with van der Waals surface area (Å²) in [6.07, 6.45) is -0.536. The summed E-state index contributed by atoms with van der Waals surface area (Å²) in [5, 5.41) is 2.95. The van der Waals surface area contributed by atoms with Gasteiger partial charge in [0.1, 0.15) is 5.75 Å². The van der Waals surface area contributed by atoms with Crippen molar-refractivity contribution in [2.45, 2.75) is 47.3 Å². The van der Waals surface area contributed by atoms with Crippen molar-refractivity contribution in [2.24, 2.45) is 0 Å². The maximum absolute atomic E-state index is 12.3. The number of carbonyl (C=O) groups is 1. The van der Waals surface area contributed by atoms with Gasteiger partial charge in [-0.1, -0.05) is 18.2 Å². The molecular weight excluding hydrogens is 324 g/mol. The first-order valence-corrected chi connectivity index (χ1v) is 9.29. The van der Waals surface area contributed by atoms with Crippen LogP contribution in [0.4, 0.5) is 5.69 Å². The molecular formula is C22H30N2O2. The molecule has 1 amide bonds. The fourth-order valence-electron chi connectivity index (χ4n) is 3.00. The molecule has 4 nitrogen and oxygen atoms in total. The smallest absolute Gasteiger partial charge is 0.261 e. The number of benzene rings is 2. The summed E-state index contributed by atoms with van der Waals surface area (Å²) < 4.78 is 5.79. The van der Waals surface area contributed by atoms with Gasteiger partial charge in [-0.2, -0.15) is 0 Å². The number of nitrogens with zero attached hydrogens (tertiary/aromatic N) is 1. The van der Waals surface area contributed by atoms with E-state index in [1.807, 2.05) is 26.0 Å². The first-order chi connectivity index (χ1) is 12.4. The SMILES string of the molecule is CCN(CC)c1ccc(CNC(=O)C(C)Oc2cc(C)cc(C)c2)cc1. The first kappa shape index (κ1) is 19.8. The lowest BCUT2D eigenvalue weighted by molar-refractivity contribution is -0.127. The summed E-state index contributed by atoms with van der Waals surface area (Å²) >= 11 is 0. The second-order valence-electron chi connectivity index (χ2n) is 6.64. The van der Waals surface area contributed by atoms with Crippen molar-refractivity contribution in [2.75, 3.05) is 18.0 Å². The van der Waals surface area contributed by atoms with Crippen LogP contribution in [0.1, 0.15) is 37.5 Å². The first-order valence-electron chi connectivity index (χ1n) is 9.29. The van der Waals surface area contributed by atoms with Crippen LogP contribution in [0.5, 0.6) is 5.75 Å². The maximum atomic E-state index is 12.3. The van der Waals surface area contributed by atoms with Crippen LogP contribution in [-0.2, 0) is 11.3 Å². The fourth-order valence-corrected chi connectivity index (χ4v) is 3.00. The van der Waals surface area contributed by atoms with Gasteiger partial charge < -0.3 is 15.0 Å². The second-order valence-corrected chi connectivity index (χ2v) is 6.64. The van der Waals surface area contributed by atoms with Gasteiger partial charge in [-0.25, -0.2) is 0 Å². The Morgan fingerprint density at radius 2 is 1.62 bits per heavy atom. The minimum atomic E-state index is -0.536. The maximum Gasteiger partial charge on any atom is 0.261 e. The summed E-state index contributed by atoms with van der Waals surface area (Å²) in [4.78, 5) is 14.6. The Kier molecular flexibility index (Phi) is 7.07. The molecule has 0 aliphatic heterocycles. The highest BCUT2D eigenvalue weighted by Gasteiger charge is 2.14. The monoisotopic (exact) mass is 354 g/mol. The van der Waals surface area contributed by atoms with Gasteiger partial charge in [-0.05, 0) is 75.6 Å². The van der Waals surface area contributed by atoms with Crippen LogP contribution in [0, 0.1) is 13.8 Å². The molecule has 0 saturated heterocycles. The predicted molar refractivity (Wildman–Crippen MR) is 108 cm³/mol. The summed E-state index contributed by atoms with van der Waals surface area (Å²) in [7, 11) is 0. The Morgan fingerprint density at radius 1 is 1.04 bits per heavy atom. The fraction of sp³-hybridized carbons (Fsp3) is 0.409. The van der Waals surface area contributed by atoms with E-state index >= 15 is 0 Å². The molecule has 0 fully saturated rings. The molecule has 2 aromatic rings. The van der Waals surface area contributed by atoms with Gasteiger partial charge in [0.25, 0.3) is 5.91 Å². The minimum Gasteiger partial charge on any atom is -0.481 e. The van der Waals surface area contributed by atoms with E-state index in [0.717, 1.165) is 35.5 Å². The number of anilines is 1. The Hall–Kier alpha value is -2.49. The molecule has 1 unspecified atom stereocenters. The van der Waals surface area contributed by atoms with Crippen molar-refractivity contribution in [1.82, 2.24) is 5.32 Å². The van der Waals surface area contributed by atoms with E-state index in [2.05, 4.69) is 54.4 Å². The number of rotatable bonds is 8. The van der Waals surface area contributed by atoms with E-state index in [0.29, 0.717) is 6.54 Å². The molecule has 2 aromatic carbocycles. The zero-order chi connectivity index (χ0) is 19.1. The summed E-state index contributed by atoms with van der Waals surface area (Å²) in [5.41, 5.74) is 4.53. The third kappa shape index (κ3) is 5.51.